The first-order valence-electron chi connectivity index (χ1n) is 9.31. The predicted molar refractivity (Wildman–Crippen MR) is 125 cm³/mol. The summed E-state index contributed by atoms with van der Waals surface area (Å²) in [6.45, 7) is -0.440. The molecule has 32 heavy (non-hydrogen) atoms. The maximum absolute atomic E-state index is 13.5. The topological polar surface area (TPSA) is 84.4 Å². The molecule has 0 atom stereocenters. The van der Waals surface area contributed by atoms with Gasteiger partial charge in [0.25, 0.3) is 20.0 Å². The van der Waals surface area contributed by atoms with Gasteiger partial charge >= 0.3 is 0 Å². The third kappa shape index (κ3) is 4.37. The third-order valence-electron chi connectivity index (χ3n) is 4.77. The summed E-state index contributed by atoms with van der Waals surface area (Å²) in [7, 11) is -8.95. The molecule has 0 unspecified atom stereocenters. The molecule has 0 N–H and O–H groups in total. The van der Waals surface area contributed by atoms with E-state index in [1.165, 1.54) is 48.5 Å². The molecular formula is C22H16Cl2N2O4S2. The SMILES string of the molecule is O=S(=O)(c1ccc(Cl)cc1)N(Cc1cccc2cccnc12)S(=O)(=O)c1ccc(Cl)cc1. The van der Waals surface area contributed by atoms with Gasteiger partial charge in [0.2, 0.25) is 0 Å². The second-order valence-electron chi connectivity index (χ2n) is 6.84. The fourth-order valence-corrected chi connectivity index (χ4v) is 7.03. The van der Waals surface area contributed by atoms with Gasteiger partial charge in [0, 0.05) is 21.6 Å². The van der Waals surface area contributed by atoms with E-state index in [1.807, 2.05) is 12.1 Å². The Morgan fingerprint density at radius 1 is 0.688 bits per heavy atom. The number of para-hydroxylation sites is 1. The maximum atomic E-state index is 13.5. The van der Waals surface area contributed by atoms with Crippen LogP contribution in [-0.4, -0.2) is 25.5 Å². The Hall–Kier alpha value is -2.49. The zero-order valence-electron chi connectivity index (χ0n) is 16.4. The Labute approximate surface area is 196 Å². The van der Waals surface area contributed by atoms with Crippen LogP contribution < -0.4 is 0 Å². The molecule has 1 aromatic heterocycles. The fourth-order valence-electron chi connectivity index (χ4n) is 3.18. The van der Waals surface area contributed by atoms with Gasteiger partial charge in [-0.2, -0.15) is 0 Å². The average molecular weight is 507 g/mol. The van der Waals surface area contributed by atoms with Gasteiger partial charge in [-0.05, 0) is 60.2 Å². The van der Waals surface area contributed by atoms with E-state index >= 15 is 0 Å². The highest BCUT2D eigenvalue weighted by Gasteiger charge is 2.37. The molecule has 0 aliphatic rings. The molecule has 0 amide bonds. The van der Waals surface area contributed by atoms with Crippen LogP contribution in [0.5, 0.6) is 0 Å². The summed E-state index contributed by atoms with van der Waals surface area (Å²) in [5, 5.41) is 1.42. The molecule has 0 radical (unpaired) electrons. The van der Waals surface area contributed by atoms with Crippen LogP contribution in [0.15, 0.2) is 94.9 Å². The Morgan fingerprint density at radius 2 is 1.19 bits per heavy atom. The Kier molecular flexibility index (Phi) is 6.24. The molecule has 0 aliphatic carbocycles. The van der Waals surface area contributed by atoms with E-state index in [2.05, 4.69) is 4.98 Å². The van der Waals surface area contributed by atoms with Gasteiger partial charge in [0.15, 0.2) is 0 Å². The molecule has 1 heterocycles. The van der Waals surface area contributed by atoms with Crippen LogP contribution in [0.25, 0.3) is 10.9 Å². The lowest BCUT2D eigenvalue weighted by Gasteiger charge is -2.23. The van der Waals surface area contributed by atoms with Gasteiger partial charge in [-0.3, -0.25) is 4.98 Å². The van der Waals surface area contributed by atoms with Crippen molar-refractivity contribution in [1.82, 2.24) is 8.69 Å². The van der Waals surface area contributed by atoms with E-state index in [0.717, 1.165) is 5.39 Å². The van der Waals surface area contributed by atoms with Crippen LogP contribution >= 0.6 is 23.2 Å². The van der Waals surface area contributed by atoms with Crippen molar-refractivity contribution < 1.29 is 16.8 Å². The molecule has 0 saturated carbocycles. The third-order valence-corrected chi connectivity index (χ3v) is 9.52. The quantitative estimate of drug-likeness (QED) is 0.362. The van der Waals surface area contributed by atoms with Gasteiger partial charge in [-0.15, -0.1) is 0 Å². The number of rotatable bonds is 6. The summed E-state index contributed by atoms with van der Waals surface area (Å²) in [5.74, 6) is 0. The molecule has 0 spiro atoms. The molecule has 0 aliphatic heterocycles. The molecule has 4 aromatic rings. The predicted octanol–water partition coefficient (Wildman–Crippen LogP) is 5.12. The van der Waals surface area contributed by atoms with Crippen LogP contribution in [0.3, 0.4) is 0 Å². The van der Waals surface area contributed by atoms with E-state index in [4.69, 9.17) is 23.2 Å². The molecule has 0 fully saturated rings. The van der Waals surface area contributed by atoms with E-state index < -0.39 is 26.6 Å². The van der Waals surface area contributed by atoms with E-state index in [-0.39, 0.29) is 9.79 Å². The van der Waals surface area contributed by atoms with Crippen molar-refractivity contribution in [3.8, 4) is 0 Å². The monoisotopic (exact) mass is 506 g/mol. The number of pyridine rings is 1. The van der Waals surface area contributed by atoms with Crippen molar-refractivity contribution in [2.75, 3.05) is 0 Å². The molecule has 4 rings (SSSR count). The van der Waals surface area contributed by atoms with Crippen LogP contribution in [-0.2, 0) is 26.6 Å². The lowest BCUT2D eigenvalue weighted by atomic mass is 10.1. The van der Waals surface area contributed by atoms with Crippen LogP contribution in [0.1, 0.15) is 5.56 Å². The number of aromatic nitrogens is 1. The molecule has 10 heteroatoms. The number of benzene rings is 3. The van der Waals surface area contributed by atoms with Crippen molar-refractivity contribution in [3.63, 3.8) is 0 Å². The summed E-state index contributed by atoms with van der Waals surface area (Å²) < 4.78 is 54.6. The summed E-state index contributed by atoms with van der Waals surface area (Å²) in [4.78, 5) is 3.91. The van der Waals surface area contributed by atoms with Crippen molar-refractivity contribution in [2.24, 2.45) is 0 Å². The first kappa shape index (κ1) is 22.7. The van der Waals surface area contributed by atoms with Crippen LogP contribution in [0.2, 0.25) is 10.0 Å². The number of hydrogen-bond donors (Lipinski definition) is 0. The van der Waals surface area contributed by atoms with E-state index in [0.29, 0.717) is 24.8 Å². The summed E-state index contributed by atoms with van der Waals surface area (Å²) in [6, 6.07) is 19.4. The standard InChI is InChI=1S/C22H16Cl2N2O4S2/c23-18-6-10-20(11-7-18)31(27,28)26(32(29,30)21-12-8-19(24)9-13-21)15-17-4-1-3-16-5-2-14-25-22(16)17/h1-14H,15H2. The number of hydrogen-bond acceptors (Lipinski definition) is 5. The molecule has 3 aromatic carbocycles. The maximum Gasteiger partial charge on any atom is 0.256 e. The van der Waals surface area contributed by atoms with Crippen molar-refractivity contribution >= 4 is 54.2 Å². The van der Waals surface area contributed by atoms with Gasteiger partial charge < -0.3 is 0 Å². The summed E-state index contributed by atoms with van der Waals surface area (Å²) >= 11 is 11.8. The lowest BCUT2D eigenvalue weighted by Crippen LogP contribution is -2.36. The normalized spacial score (nSPS) is 12.3. The second-order valence-corrected chi connectivity index (χ2v) is 11.7. The van der Waals surface area contributed by atoms with E-state index in [9.17, 15) is 16.8 Å². The van der Waals surface area contributed by atoms with Crippen molar-refractivity contribution in [3.05, 3.63) is 101 Å². The summed E-state index contributed by atoms with van der Waals surface area (Å²) in [5.41, 5.74) is 0.954. The first-order chi connectivity index (χ1) is 15.2. The lowest BCUT2D eigenvalue weighted by molar-refractivity contribution is 0.495. The Balaban J connectivity index is 1.90. The highest BCUT2D eigenvalue weighted by molar-refractivity contribution is 8.04. The van der Waals surface area contributed by atoms with Gasteiger partial charge in [-0.1, -0.05) is 51.2 Å². The van der Waals surface area contributed by atoms with Crippen LogP contribution in [0, 0.1) is 0 Å². The first-order valence-corrected chi connectivity index (χ1v) is 12.9. The van der Waals surface area contributed by atoms with Crippen molar-refractivity contribution in [2.45, 2.75) is 16.3 Å². The zero-order chi connectivity index (χ0) is 22.9. The average Bonchev–Trinajstić information content (AvgIpc) is 2.78. The van der Waals surface area contributed by atoms with Crippen molar-refractivity contribution in [1.29, 1.82) is 0 Å². The van der Waals surface area contributed by atoms with Crippen LogP contribution in [0.4, 0.5) is 0 Å². The molecule has 6 nitrogen and oxygen atoms in total. The van der Waals surface area contributed by atoms with Gasteiger partial charge in [0.1, 0.15) is 0 Å². The number of nitrogens with zero attached hydrogens (tertiary/aromatic N) is 2. The highest BCUT2D eigenvalue weighted by Crippen LogP contribution is 2.29. The largest absolute Gasteiger partial charge is 0.256 e. The highest BCUT2D eigenvalue weighted by atomic mass is 35.5. The van der Waals surface area contributed by atoms with E-state index in [1.54, 1.807) is 24.4 Å². The minimum atomic E-state index is -4.47. The number of fused-ring (bicyclic) bond motifs is 1. The Bertz CT molecular complexity index is 1410. The Morgan fingerprint density at radius 3 is 1.72 bits per heavy atom. The van der Waals surface area contributed by atoms with Gasteiger partial charge in [0.05, 0.1) is 21.9 Å². The smallest absolute Gasteiger partial charge is 0.256 e. The zero-order valence-corrected chi connectivity index (χ0v) is 19.5. The summed E-state index contributed by atoms with van der Waals surface area (Å²) in [6.07, 6.45) is 1.57. The minimum absolute atomic E-state index is 0.201. The second kappa shape index (κ2) is 8.80. The molecule has 164 valence electrons. The molecular weight excluding hydrogens is 491 g/mol. The fraction of sp³-hybridized carbons (Fsp3) is 0.0455. The minimum Gasteiger partial charge on any atom is -0.256 e. The molecule has 0 saturated heterocycles. The molecule has 0 bridgehead atoms. The number of halogens is 2. The van der Waals surface area contributed by atoms with Gasteiger partial charge in [-0.25, -0.2) is 16.8 Å². The number of sulfonamides is 2.